The van der Waals surface area contributed by atoms with Crippen LogP contribution in [-0.2, 0) is 0 Å². The van der Waals surface area contributed by atoms with Crippen molar-refractivity contribution in [2.45, 2.75) is 5.16 Å². The van der Waals surface area contributed by atoms with E-state index in [4.69, 9.17) is 21.6 Å². The summed E-state index contributed by atoms with van der Waals surface area (Å²) in [5.74, 6) is 1.46. The van der Waals surface area contributed by atoms with Crippen LogP contribution in [0, 0.1) is 11.3 Å². The topological polar surface area (TPSA) is 63.7 Å². The molecule has 24 heavy (non-hydrogen) atoms. The van der Waals surface area contributed by atoms with Crippen LogP contribution >= 0.6 is 23.4 Å². The van der Waals surface area contributed by atoms with E-state index < -0.39 is 0 Å². The van der Waals surface area contributed by atoms with Gasteiger partial charge in [0.15, 0.2) is 5.16 Å². The lowest BCUT2D eigenvalue weighted by Crippen LogP contribution is -2.02. The molecule has 1 heterocycles. The average molecular weight is 357 g/mol. The zero-order valence-electron chi connectivity index (χ0n) is 12.6. The Morgan fingerprint density at radius 3 is 2.79 bits per heavy atom. The minimum atomic E-state index is 0.527. The number of hydrogen-bond donors (Lipinski definition) is 0. The highest BCUT2D eigenvalue weighted by Gasteiger charge is 2.07. The van der Waals surface area contributed by atoms with Crippen molar-refractivity contribution in [2.75, 3.05) is 12.4 Å². The van der Waals surface area contributed by atoms with E-state index in [9.17, 15) is 0 Å². The fraction of sp³-hybridized carbons (Fsp3) is 0.118. The van der Waals surface area contributed by atoms with Crippen LogP contribution in [-0.4, -0.2) is 27.1 Å². The van der Waals surface area contributed by atoms with Crippen molar-refractivity contribution >= 4 is 23.4 Å². The summed E-state index contributed by atoms with van der Waals surface area (Å²) in [5.41, 5.74) is 1.54. The van der Waals surface area contributed by atoms with E-state index in [0.717, 1.165) is 22.3 Å². The summed E-state index contributed by atoms with van der Waals surface area (Å²) < 4.78 is 7.55. The number of aromatic nitrogens is 3. The van der Waals surface area contributed by atoms with Gasteiger partial charge in [0, 0.05) is 10.8 Å². The van der Waals surface area contributed by atoms with Crippen LogP contribution in [0.4, 0.5) is 0 Å². The number of benzene rings is 2. The molecule has 1 aromatic heterocycles. The van der Waals surface area contributed by atoms with Crippen LogP contribution in [0.25, 0.3) is 5.69 Å². The first-order valence-corrected chi connectivity index (χ1v) is 8.54. The smallest absolute Gasteiger partial charge is 0.195 e. The molecule has 0 bridgehead atoms. The summed E-state index contributed by atoms with van der Waals surface area (Å²) in [5, 5.41) is 18.3. The zero-order chi connectivity index (χ0) is 16.8. The molecule has 0 N–H and O–H groups in total. The van der Waals surface area contributed by atoms with Gasteiger partial charge < -0.3 is 4.74 Å². The Morgan fingerprint density at radius 2 is 2.04 bits per heavy atom. The second kappa shape index (κ2) is 7.86. The van der Waals surface area contributed by atoms with Crippen LogP contribution in [0.1, 0.15) is 5.56 Å². The summed E-state index contributed by atoms with van der Waals surface area (Å²) in [6.45, 7) is 0.527. The van der Waals surface area contributed by atoms with Gasteiger partial charge in [-0.15, -0.1) is 10.2 Å². The standard InChI is InChI=1S/C17H13ClN4OS/c18-14-2-1-3-15(10-14)22-12-20-21-17(22)24-9-8-23-16-6-4-13(11-19)5-7-16/h1-7,10,12H,8-9H2. The van der Waals surface area contributed by atoms with Gasteiger partial charge in [-0.25, -0.2) is 0 Å². The third kappa shape index (κ3) is 4.07. The van der Waals surface area contributed by atoms with Crippen LogP contribution in [0.3, 0.4) is 0 Å². The summed E-state index contributed by atoms with van der Waals surface area (Å²) in [6, 6.07) is 16.7. The fourth-order valence-electron chi connectivity index (χ4n) is 2.04. The van der Waals surface area contributed by atoms with Crippen molar-refractivity contribution < 1.29 is 4.74 Å². The molecule has 7 heteroatoms. The monoisotopic (exact) mass is 356 g/mol. The molecule has 2 aromatic carbocycles. The highest BCUT2D eigenvalue weighted by atomic mass is 35.5. The molecule has 0 spiro atoms. The predicted octanol–water partition coefficient (Wildman–Crippen LogP) is 3.96. The van der Waals surface area contributed by atoms with E-state index in [2.05, 4.69) is 16.3 Å². The molecular weight excluding hydrogens is 344 g/mol. The van der Waals surface area contributed by atoms with Crippen LogP contribution in [0.5, 0.6) is 5.75 Å². The molecule has 0 amide bonds. The van der Waals surface area contributed by atoms with Crippen molar-refractivity contribution in [1.29, 1.82) is 5.26 Å². The highest BCUT2D eigenvalue weighted by Crippen LogP contribution is 2.21. The number of nitrogens with zero attached hydrogens (tertiary/aromatic N) is 4. The van der Waals surface area contributed by atoms with Gasteiger partial charge in [-0.2, -0.15) is 5.26 Å². The lowest BCUT2D eigenvalue weighted by molar-refractivity contribution is 0.344. The minimum absolute atomic E-state index is 0.527. The number of rotatable bonds is 6. The fourth-order valence-corrected chi connectivity index (χ4v) is 2.97. The molecule has 0 radical (unpaired) electrons. The van der Waals surface area contributed by atoms with E-state index in [1.165, 1.54) is 0 Å². The quantitative estimate of drug-likeness (QED) is 0.494. The number of ether oxygens (including phenoxy) is 1. The highest BCUT2D eigenvalue weighted by molar-refractivity contribution is 7.99. The molecule has 3 aromatic rings. The zero-order valence-corrected chi connectivity index (χ0v) is 14.2. The Balaban J connectivity index is 1.56. The average Bonchev–Trinajstić information content (AvgIpc) is 3.08. The SMILES string of the molecule is N#Cc1ccc(OCCSc2nncn2-c2cccc(Cl)c2)cc1. The first-order chi connectivity index (χ1) is 11.8. The lowest BCUT2D eigenvalue weighted by atomic mass is 10.2. The first kappa shape index (κ1) is 16.4. The Hall–Kier alpha value is -2.49. The Bertz CT molecular complexity index is 858. The summed E-state index contributed by atoms with van der Waals surface area (Å²) in [7, 11) is 0. The van der Waals surface area contributed by atoms with E-state index in [0.29, 0.717) is 17.2 Å². The number of nitriles is 1. The van der Waals surface area contributed by atoms with E-state index in [1.807, 2.05) is 28.8 Å². The molecule has 120 valence electrons. The van der Waals surface area contributed by atoms with E-state index >= 15 is 0 Å². The minimum Gasteiger partial charge on any atom is -0.493 e. The Kier molecular flexibility index (Phi) is 5.36. The van der Waals surface area contributed by atoms with Crippen molar-refractivity contribution in [3.05, 3.63) is 65.4 Å². The van der Waals surface area contributed by atoms with Gasteiger partial charge >= 0.3 is 0 Å². The van der Waals surface area contributed by atoms with Crippen molar-refractivity contribution in [2.24, 2.45) is 0 Å². The predicted molar refractivity (Wildman–Crippen MR) is 93.7 cm³/mol. The van der Waals surface area contributed by atoms with E-state index in [1.54, 1.807) is 42.4 Å². The maximum absolute atomic E-state index is 8.77. The summed E-state index contributed by atoms with van der Waals surface area (Å²) in [6.07, 6.45) is 1.66. The van der Waals surface area contributed by atoms with E-state index in [-0.39, 0.29) is 0 Å². The lowest BCUT2D eigenvalue weighted by Gasteiger charge is -2.08. The molecule has 5 nitrogen and oxygen atoms in total. The molecule has 0 unspecified atom stereocenters. The van der Waals surface area contributed by atoms with Gasteiger partial charge in [-0.1, -0.05) is 29.4 Å². The first-order valence-electron chi connectivity index (χ1n) is 7.18. The maximum Gasteiger partial charge on any atom is 0.195 e. The molecule has 0 saturated carbocycles. The number of thioether (sulfide) groups is 1. The van der Waals surface area contributed by atoms with Gasteiger partial charge in [0.25, 0.3) is 0 Å². The Labute approximate surface area is 148 Å². The van der Waals surface area contributed by atoms with Gasteiger partial charge in [0.1, 0.15) is 12.1 Å². The molecule has 0 aliphatic heterocycles. The largest absolute Gasteiger partial charge is 0.493 e. The molecular formula is C17H13ClN4OS. The number of hydrogen-bond acceptors (Lipinski definition) is 5. The van der Waals surface area contributed by atoms with Crippen LogP contribution < -0.4 is 4.74 Å². The maximum atomic E-state index is 8.77. The third-order valence-electron chi connectivity index (χ3n) is 3.17. The third-order valence-corrected chi connectivity index (χ3v) is 4.31. The van der Waals surface area contributed by atoms with Crippen LogP contribution in [0.2, 0.25) is 5.02 Å². The van der Waals surface area contributed by atoms with Crippen molar-refractivity contribution in [1.82, 2.24) is 14.8 Å². The molecule has 0 aliphatic carbocycles. The molecule has 0 saturated heterocycles. The Morgan fingerprint density at radius 1 is 1.21 bits per heavy atom. The van der Waals surface area contributed by atoms with Crippen molar-refractivity contribution in [3.8, 4) is 17.5 Å². The summed E-state index contributed by atoms with van der Waals surface area (Å²) in [4.78, 5) is 0. The molecule has 0 fully saturated rings. The molecule has 0 aliphatic rings. The molecule has 0 atom stereocenters. The second-order valence-corrected chi connectivity index (χ2v) is 6.29. The van der Waals surface area contributed by atoms with Gasteiger partial charge in [-0.3, -0.25) is 4.57 Å². The molecule has 3 rings (SSSR count). The van der Waals surface area contributed by atoms with Crippen molar-refractivity contribution in [3.63, 3.8) is 0 Å². The van der Waals surface area contributed by atoms with Gasteiger partial charge in [0.05, 0.1) is 23.9 Å². The second-order valence-electron chi connectivity index (χ2n) is 4.80. The summed E-state index contributed by atoms with van der Waals surface area (Å²) >= 11 is 7.58. The van der Waals surface area contributed by atoms with Crippen LogP contribution in [0.15, 0.2) is 60.0 Å². The van der Waals surface area contributed by atoms with Gasteiger partial charge in [0.2, 0.25) is 0 Å². The number of halogens is 1. The van der Waals surface area contributed by atoms with Gasteiger partial charge in [-0.05, 0) is 42.5 Å². The normalized spacial score (nSPS) is 10.3.